The van der Waals surface area contributed by atoms with Crippen LogP contribution in [-0.4, -0.2) is 58.4 Å². The van der Waals surface area contributed by atoms with Gasteiger partial charge in [0.05, 0.1) is 18.5 Å². The molecule has 0 aliphatic carbocycles. The number of aliphatic imine (C=N–C) groups is 2. The molecule has 1 rings (SSSR count). The molecule has 0 aliphatic rings. The summed E-state index contributed by atoms with van der Waals surface area (Å²) in [5.74, 6) is 0.693. The summed E-state index contributed by atoms with van der Waals surface area (Å²) < 4.78 is 5.39. The zero-order valence-electron chi connectivity index (χ0n) is 14.3. The van der Waals surface area contributed by atoms with Gasteiger partial charge in [-0.1, -0.05) is 12.7 Å². The average Bonchev–Trinajstić information content (AvgIpc) is 2.50. The molecule has 0 saturated heterocycles. The number of hydrogen-bond acceptors (Lipinski definition) is 5. The quantitative estimate of drug-likeness (QED) is 0.451. The van der Waals surface area contributed by atoms with Crippen LogP contribution in [0.15, 0.2) is 34.8 Å². The van der Waals surface area contributed by atoms with Crippen LogP contribution in [0.3, 0.4) is 0 Å². The Bertz CT molecular complexity index is 594. The van der Waals surface area contributed by atoms with E-state index in [4.69, 9.17) is 16.2 Å². The smallest absolute Gasteiger partial charge is 0.220 e. The Labute approximate surface area is 137 Å². The monoisotopic (exact) mass is 318 g/mol. The Balaban J connectivity index is 3.11. The van der Waals surface area contributed by atoms with Gasteiger partial charge >= 0.3 is 0 Å². The summed E-state index contributed by atoms with van der Waals surface area (Å²) in [4.78, 5) is 12.3. The maximum Gasteiger partial charge on any atom is 0.220 e. The van der Waals surface area contributed by atoms with E-state index in [1.807, 2.05) is 27.2 Å². The van der Waals surface area contributed by atoms with Crippen molar-refractivity contribution in [3.05, 3.63) is 24.8 Å². The fraction of sp³-hybridized carbons (Fsp3) is 0.375. The first-order chi connectivity index (χ1) is 10.9. The highest BCUT2D eigenvalue weighted by Gasteiger charge is 2.12. The summed E-state index contributed by atoms with van der Waals surface area (Å²) in [6, 6.07) is 3.59. The second-order valence-electron chi connectivity index (χ2n) is 5.29. The highest BCUT2D eigenvalue weighted by atomic mass is 16.5. The van der Waals surface area contributed by atoms with Crippen molar-refractivity contribution in [2.24, 2.45) is 15.7 Å². The van der Waals surface area contributed by atoms with E-state index in [0.29, 0.717) is 17.1 Å². The van der Waals surface area contributed by atoms with Crippen LogP contribution in [0.5, 0.6) is 5.75 Å². The number of guanidine groups is 1. The summed E-state index contributed by atoms with van der Waals surface area (Å²) in [5, 5.41) is 0. The van der Waals surface area contributed by atoms with Crippen LogP contribution in [0.4, 0.5) is 17.1 Å². The maximum absolute atomic E-state index is 6.15. The van der Waals surface area contributed by atoms with Gasteiger partial charge in [0.15, 0.2) is 0 Å². The number of likely N-dealkylation sites (N-methyl/N-ethyl adjacent to an activating group) is 2. The normalized spacial score (nSPS) is 12.0. The topological polar surface area (TPSA) is 92.5 Å². The van der Waals surface area contributed by atoms with E-state index in [1.165, 1.54) is 12.3 Å². The van der Waals surface area contributed by atoms with Crippen molar-refractivity contribution in [3.8, 4) is 5.75 Å². The van der Waals surface area contributed by atoms with Crippen molar-refractivity contribution in [3.63, 3.8) is 0 Å². The summed E-state index contributed by atoms with van der Waals surface area (Å²) >= 11 is 0. The Hall–Kier alpha value is -2.54. The average molecular weight is 318 g/mol. The van der Waals surface area contributed by atoms with Crippen LogP contribution >= 0.6 is 0 Å². The molecule has 0 saturated carbocycles. The molecular formula is C16H26N6O. The van der Waals surface area contributed by atoms with E-state index in [0.717, 1.165) is 18.8 Å². The Kier molecular flexibility index (Phi) is 7.08. The van der Waals surface area contributed by atoms with Crippen molar-refractivity contribution < 1.29 is 4.74 Å². The molecule has 0 amide bonds. The van der Waals surface area contributed by atoms with Crippen molar-refractivity contribution >= 4 is 29.2 Å². The second kappa shape index (κ2) is 8.79. The Morgan fingerprint density at radius 1 is 1.30 bits per heavy atom. The molecule has 7 nitrogen and oxygen atoms in total. The number of methoxy groups -OCH3 is 1. The minimum absolute atomic E-state index is 0.108. The third kappa shape index (κ3) is 5.63. The van der Waals surface area contributed by atoms with Gasteiger partial charge in [0.25, 0.3) is 0 Å². The SMILES string of the molecule is C=C/C=N\C(N)=Nc1cc(N)c(N(C)CCN(C)C)cc1OC. The number of nitrogens with two attached hydrogens (primary N) is 2. The van der Waals surface area contributed by atoms with Gasteiger partial charge in [-0.05, 0) is 20.2 Å². The van der Waals surface area contributed by atoms with Crippen molar-refractivity contribution in [2.75, 3.05) is 52.0 Å². The zero-order chi connectivity index (χ0) is 17.4. The lowest BCUT2D eigenvalue weighted by Crippen LogP contribution is -2.28. The number of anilines is 2. The molecule has 0 fully saturated rings. The number of ether oxygens (including phenoxy) is 1. The molecule has 7 heteroatoms. The predicted octanol–water partition coefficient (Wildman–Crippen LogP) is 1.48. The Morgan fingerprint density at radius 3 is 2.57 bits per heavy atom. The summed E-state index contributed by atoms with van der Waals surface area (Å²) in [5.41, 5.74) is 13.9. The number of rotatable bonds is 7. The number of nitrogens with zero attached hydrogens (tertiary/aromatic N) is 4. The predicted molar refractivity (Wildman–Crippen MR) is 99.2 cm³/mol. The van der Waals surface area contributed by atoms with E-state index < -0.39 is 0 Å². The van der Waals surface area contributed by atoms with Crippen molar-refractivity contribution in [1.29, 1.82) is 0 Å². The van der Waals surface area contributed by atoms with Gasteiger partial charge in [-0.2, -0.15) is 0 Å². The number of allylic oxidation sites excluding steroid dienone is 1. The maximum atomic E-state index is 6.15. The number of benzene rings is 1. The van der Waals surface area contributed by atoms with Crippen LogP contribution in [0.25, 0.3) is 0 Å². The van der Waals surface area contributed by atoms with Gasteiger partial charge in [0.1, 0.15) is 11.4 Å². The van der Waals surface area contributed by atoms with Gasteiger partial charge < -0.3 is 26.0 Å². The molecule has 1 aromatic carbocycles. The van der Waals surface area contributed by atoms with Gasteiger partial charge in [0.2, 0.25) is 5.96 Å². The first kappa shape index (κ1) is 18.5. The van der Waals surface area contributed by atoms with Crippen LogP contribution in [0, 0.1) is 0 Å². The van der Waals surface area contributed by atoms with Gasteiger partial charge in [-0.25, -0.2) is 9.98 Å². The summed E-state index contributed by atoms with van der Waals surface area (Å²) in [7, 11) is 7.63. The molecule has 0 atom stereocenters. The first-order valence-electron chi connectivity index (χ1n) is 7.21. The molecule has 0 bridgehead atoms. The number of nitrogen functional groups attached to an aromatic ring is 1. The van der Waals surface area contributed by atoms with E-state index in [1.54, 1.807) is 13.2 Å². The van der Waals surface area contributed by atoms with E-state index in [2.05, 4.69) is 26.4 Å². The van der Waals surface area contributed by atoms with Crippen molar-refractivity contribution in [1.82, 2.24) is 4.90 Å². The van der Waals surface area contributed by atoms with Gasteiger partial charge in [0, 0.05) is 32.4 Å². The summed E-state index contributed by atoms with van der Waals surface area (Å²) in [6.07, 6.45) is 2.99. The largest absolute Gasteiger partial charge is 0.494 e. The fourth-order valence-electron chi connectivity index (χ4n) is 1.91. The third-order valence-electron chi connectivity index (χ3n) is 3.17. The molecule has 4 N–H and O–H groups in total. The Morgan fingerprint density at radius 2 is 2.00 bits per heavy atom. The number of hydrogen-bond donors (Lipinski definition) is 2. The van der Waals surface area contributed by atoms with Crippen LogP contribution in [-0.2, 0) is 0 Å². The molecule has 0 spiro atoms. The molecule has 0 heterocycles. The highest BCUT2D eigenvalue weighted by molar-refractivity contribution is 5.92. The molecule has 0 unspecified atom stereocenters. The lowest BCUT2D eigenvalue weighted by Gasteiger charge is -2.24. The van der Waals surface area contributed by atoms with E-state index in [-0.39, 0.29) is 5.96 Å². The van der Waals surface area contributed by atoms with Crippen molar-refractivity contribution in [2.45, 2.75) is 0 Å². The molecular weight excluding hydrogens is 292 g/mol. The minimum atomic E-state index is 0.108. The molecule has 23 heavy (non-hydrogen) atoms. The van der Waals surface area contributed by atoms with E-state index in [9.17, 15) is 0 Å². The minimum Gasteiger partial charge on any atom is -0.494 e. The third-order valence-corrected chi connectivity index (χ3v) is 3.17. The molecule has 126 valence electrons. The standard InChI is InChI=1S/C16H26N6O/c1-6-7-19-16(18)20-13-10-12(17)14(11-15(13)23-5)22(4)9-8-21(2)3/h6-7,10-11H,1,8-9,17H2,2-5H3,(H2,18,20)/b19-7-. The highest BCUT2D eigenvalue weighted by Crippen LogP contribution is 2.36. The lowest BCUT2D eigenvalue weighted by atomic mass is 10.2. The van der Waals surface area contributed by atoms with Crippen LogP contribution < -0.4 is 21.1 Å². The fourth-order valence-corrected chi connectivity index (χ4v) is 1.91. The van der Waals surface area contributed by atoms with Crippen LogP contribution in [0.1, 0.15) is 0 Å². The van der Waals surface area contributed by atoms with Gasteiger partial charge in [-0.15, -0.1) is 0 Å². The zero-order valence-corrected chi connectivity index (χ0v) is 14.3. The lowest BCUT2D eigenvalue weighted by molar-refractivity contribution is 0.413. The second-order valence-corrected chi connectivity index (χ2v) is 5.29. The first-order valence-corrected chi connectivity index (χ1v) is 7.21. The molecule has 0 aromatic heterocycles. The molecule has 0 aliphatic heterocycles. The molecule has 1 aromatic rings. The molecule has 0 radical (unpaired) electrons. The van der Waals surface area contributed by atoms with E-state index >= 15 is 0 Å². The van der Waals surface area contributed by atoms with Crippen LogP contribution in [0.2, 0.25) is 0 Å². The summed E-state index contributed by atoms with van der Waals surface area (Å²) in [6.45, 7) is 5.29. The van der Waals surface area contributed by atoms with Gasteiger partial charge in [-0.3, -0.25) is 0 Å².